The number of benzene rings is 4. The number of carbonyl (C=O) groups is 2. The molecular formula is C37H43FN2O4. The first-order valence-electron chi connectivity index (χ1n) is 15.0. The Bertz CT molecular complexity index is 1350. The standard InChI is InChI=1S/C19H23NO2.C18H20FNO2/c1-14(2)17-6-4-5-7-18(17)22-19(21)20-13-12-16-10-8-15(3)9-11-16;1-13(2)16-5-3-4-6-17(16)22-18(21)20-12-11-14-7-9-15(19)10-8-14/h4-11,14H,12-13H2,1-3H3,(H,20,21);3-10,13H,11-12H2,1-2H3,(H,20,21). The fraction of sp³-hybridized carbons (Fsp3) is 0.297. The average molecular weight is 599 g/mol. The molecule has 0 fully saturated rings. The van der Waals surface area contributed by atoms with Crippen LogP contribution in [-0.2, 0) is 12.8 Å². The normalized spacial score (nSPS) is 10.5. The van der Waals surface area contributed by atoms with Crippen molar-refractivity contribution >= 4 is 12.2 Å². The first kappa shape index (κ1) is 33.8. The second-order valence-electron chi connectivity index (χ2n) is 11.1. The number of hydrogen-bond donors (Lipinski definition) is 2. The molecule has 7 heteroatoms. The van der Waals surface area contributed by atoms with E-state index in [1.165, 1.54) is 23.3 Å². The molecule has 0 atom stereocenters. The van der Waals surface area contributed by atoms with E-state index < -0.39 is 12.2 Å². The first-order chi connectivity index (χ1) is 21.1. The number of ether oxygens (including phenoxy) is 2. The van der Waals surface area contributed by atoms with Gasteiger partial charge >= 0.3 is 12.2 Å². The molecule has 0 bridgehead atoms. The Morgan fingerprint density at radius 1 is 0.614 bits per heavy atom. The minimum absolute atomic E-state index is 0.263. The molecule has 0 aliphatic carbocycles. The lowest BCUT2D eigenvalue weighted by Gasteiger charge is -2.13. The Labute approximate surface area is 260 Å². The molecule has 0 saturated heterocycles. The van der Waals surface area contributed by atoms with E-state index in [2.05, 4.69) is 69.5 Å². The van der Waals surface area contributed by atoms with E-state index in [1.54, 1.807) is 18.2 Å². The van der Waals surface area contributed by atoms with Crippen LogP contribution in [0.15, 0.2) is 97.1 Å². The molecule has 4 aromatic carbocycles. The van der Waals surface area contributed by atoms with Crippen molar-refractivity contribution in [3.8, 4) is 11.5 Å². The van der Waals surface area contributed by atoms with Gasteiger partial charge in [0.25, 0.3) is 0 Å². The minimum atomic E-state index is -0.477. The van der Waals surface area contributed by atoms with E-state index in [0.717, 1.165) is 23.1 Å². The van der Waals surface area contributed by atoms with Crippen molar-refractivity contribution in [2.75, 3.05) is 13.1 Å². The van der Waals surface area contributed by atoms with Gasteiger partial charge < -0.3 is 20.1 Å². The molecule has 232 valence electrons. The number of rotatable bonds is 10. The second-order valence-corrected chi connectivity index (χ2v) is 11.1. The van der Waals surface area contributed by atoms with Gasteiger partial charge in [-0.3, -0.25) is 0 Å². The van der Waals surface area contributed by atoms with E-state index in [-0.39, 0.29) is 11.7 Å². The SMILES string of the molecule is CC(C)c1ccccc1OC(=O)NCCc1ccc(F)cc1.Cc1ccc(CCNC(=O)Oc2ccccc2C(C)C)cc1. The fourth-order valence-electron chi connectivity index (χ4n) is 4.40. The van der Waals surface area contributed by atoms with Crippen LogP contribution in [-0.4, -0.2) is 25.3 Å². The molecule has 6 nitrogen and oxygen atoms in total. The molecule has 44 heavy (non-hydrogen) atoms. The van der Waals surface area contributed by atoms with Crippen molar-refractivity contribution in [1.82, 2.24) is 10.6 Å². The highest BCUT2D eigenvalue weighted by atomic mass is 19.1. The van der Waals surface area contributed by atoms with Crippen LogP contribution in [0.5, 0.6) is 11.5 Å². The number of nitrogens with one attached hydrogen (secondary N) is 2. The Balaban J connectivity index is 0.000000240. The molecule has 0 heterocycles. The first-order valence-corrected chi connectivity index (χ1v) is 15.0. The molecule has 0 aromatic heterocycles. The van der Waals surface area contributed by atoms with Gasteiger partial charge in [0.05, 0.1) is 0 Å². The van der Waals surface area contributed by atoms with Crippen molar-refractivity contribution in [2.24, 2.45) is 0 Å². The summed E-state index contributed by atoms with van der Waals surface area (Å²) in [5.41, 5.74) is 5.44. The molecule has 0 unspecified atom stereocenters. The average Bonchev–Trinajstić information content (AvgIpc) is 3.00. The highest BCUT2D eigenvalue weighted by molar-refractivity contribution is 5.71. The number of hydrogen-bond acceptors (Lipinski definition) is 4. The summed E-state index contributed by atoms with van der Waals surface area (Å²) in [5.74, 6) is 1.54. The second kappa shape index (κ2) is 17.5. The van der Waals surface area contributed by atoms with Crippen LogP contribution in [0.1, 0.15) is 67.3 Å². The number of aryl methyl sites for hydroxylation is 1. The molecule has 2 amide bonds. The summed E-state index contributed by atoms with van der Waals surface area (Å²) in [6.07, 6.45) is 0.540. The van der Waals surface area contributed by atoms with Crippen molar-refractivity contribution in [2.45, 2.75) is 59.3 Å². The molecule has 0 aliphatic rings. The molecule has 0 spiro atoms. The van der Waals surface area contributed by atoms with E-state index in [1.807, 2.05) is 42.5 Å². The maximum absolute atomic E-state index is 12.8. The number of para-hydroxylation sites is 2. The van der Waals surface area contributed by atoms with Gasteiger partial charge in [-0.2, -0.15) is 0 Å². The largest absolute Gasteiger partial charge is 0.412 e. The third-order valence-electron chi connectivity index (χ3n) is 6.89. The van der Waals surface area contributed by atoms with Crippen LogP contribution in [0, 0.1) is 12.7 Å². The zero-order chi connectivity index (χ0) is 31.9. The third kappa shape index (κ3) is 11.6. The summed E-state index contributed by atoms with van der Waals surface area (Å²) in [7, 11) is 0. The Morgan fingerprint density at radius 3 is 1.41 bits per heavy atom. The summed E-state index contributed by atoms with van der Waals surface area (Å²) in [5, 5.41) is 5.50. The highest BCUT2D eigenvalue weighted by Gasteiger charge is 2.12. The number of amides is 2. The third-order valence-corrected chi connectivity index (χ3v) is 6.89. The summed E-state index contributed by atoms with van der Waals surface area (Å²) < 4.78 is 23.6. The van der Waals surface area contributed by atoms with Crippen molar-refractivity contribution in [3.63, 3.8) is 0 Å². The predicted molar refractivity (Wildman–Crippen MR) is 174 cm³/mol. The van der Waals surface area contributed by atoms with Crippen LogP contribution < -0.4 is 20.1 Å². The molecule has 2 N–H and O–H groups in total. The molecular weight excluding hydrogens is 555 g/mol. The summed E-state index contributed by atoms with van der Waals surface area (Å²) in [6, 6.07) is 29.7. The van der Waals surface area contributed by atoms with Crippen LogP contribution in [0.2, 0.25) is 0 Å². The summed E-state index contributed by atoms with van der Waals surface area (Å²) in [4.78, 5) is 23.7. The lowest BCUT2D eigenvalue weighted by atomic mass is 10.0. The topological polar surface area (TPSA) is 76.7 Å². The van der Waals surface area contributed by atoms with E-state index in [0.29, 0.717) is 36.9 Å². The maximum atomic E-state index is 12.8. The lowest BCUT2D eigenvalue weighted by molar-refractivity contribution is 0.199. The van der Waals surface area contributed by atoms with Gasteiger partial charge in [0.1, 0.15) is 17.3 Å². The fourth-order valence-corrected chi connectivity index (χ4v) is 4.40. The van der Waals surface area contributed by atoms with Gasteiger partial charge in [-0.15, -0.1) is 0 Å². The minimum Gasteiger partial charge on any atom is -0.410 e. The van der Waals surface area contributed by atoms with Gasteiger partial charge in [0.15, 0.2) is 0 Å². The summed E-state index contributed by atoms with van der Waals surface area (Å²) in [6.45, 7) is 11.3. The van der Waals surface area contributed by atoms with Crippen molar-refractivity contribution in [3.05, 3.63) is 131 Å². The number of halogens is 1. The molecule has 0 radical (unpaired) electrons. The Hall–Kier alpha value is -4.65. The van der Waals surface area contributed by atoms with Crippen LogP contribution in [0.4, 0.5) is 14.0 Å². The zero-order valence-electron chi connectivity index (χ0n) is 26.2. The van der Waals surface area contributed by atoms with Crippen LogP contribution in [0.3, 0.4) is 0 Å². The Morgan fingerprint density at radius 2 is 1.00 bits per heavy atom. The highest BCUT2D eigenvalue weighted by Crippen LogP contribution is 2.26. The van der Waals surface area contributed by atoms with Gasteiger partial charge in [0, 0.05) is 13.1 Å². The summed E-state index contributed by atoms with van der Waals surface area (Å²) >= 11 is 0. The van der Waals surface area contributed by atoms with Crippen molar-refractivity contribution in [1.29, 1.82) is 0 Å². The van der Waals surface area contributed by atoms with Crippen LogP contribution in [0.25, 0.3) is 0 Å². The van der Waals surface area contributed by atoms with E-state index in [4.69, 9.17) is 9.47 Å². The molecule has 0 aliphatic heterocycles. The van der Waals surface area contributed by atoms with E-state index >= 15 is 0 Å². The Kier molecular flexibility index (Phi) is 13.4. The van der Waals surface area contributed by atoms with Gasteiger partial charge in [0.2, 0.25) is 0 Å². The zero-order valence-corrected chi connectivity index (χ0v) is 26.2. The molecule has 0 saturated carbocycles. The smallest absolute Gasteiger partial charge is 0.410 e. The monoisotopic (exact) mass is 598 g/mol. The van der Waals surface area contributed by atoms with Crippen LogP contribution >= 0.6 is 0 Å². The number of carbonyl (C=O) groups excluding carboxylic acids is 2. The quantitative estimate of drug-likeness (QED) is 0.191. The predicted octanol–water partition coefficient (Wildman–Crippen LogP) is 8.73. The molecule has 4 aromatic rings. The van der Waals surface area contributed by atoms with Gasteiger partial charge in [-0.25, -0.2) is 14.0 Å². The van der Waals surface area contributed by atoms with Gasteiger partial charge in [-0.1, -0.05) is 106 Å². The van der Waals surface area contributed by atoms with Gasteiger partial charge in [-0.05, 0) is 78.1 Å². The maximum Gasteiger partial charge on any atom is 0.412 e. The van der Waals surface area contributed by atoms with E-state index in [9.17, 15) is 14.0 Å². The van der Waals surface area contributed by atoms with Crippen molar-refractivity contribution < 1.29 is 23.5 Å². The molecule has 4 rings (SSSR count). The lowest BCUT2D eigenvalue weighted by Crippen LogP contribution is -2.29.